The Balaban J connectivity index is 1.32. The molecule has 1 fully saturated rings. The van der Waals surface area contributed by atoms with Gasteiger partial charge in [-0.1, -0.05) is 29.8 Å². The Morgan fingerprint density at radius 1 is 0.968 bits per heavy atom. The second-order valence-corrected chi connectivity index (χ2v) is 10.6. The first-order valence-corrected chi connectivity index (χ1v) is 12.4. The van der Waals surface area contributed by atoms with Gasteiger partial charge in [0.2, 0.25) is 0 Å². The zero-order chi connectivity index (χ0) is 21.8. The molecule has 162 valence electrons. The standard InChI is InChI=1S/C22H21ClN2O4S2/c23-19-7-9-20(10-8-19)29-16-17-3-5-18(6-4-17)22(26)24-11-13-25(14-12-24)31(27,28)21-2-1-15-30-21/h1-10,15H,11-14,16H2. The SMILES string of the molecule is O=C(c1ccc(COc2ccc(Cl)cc2)cc1)N1CCN(S(=O)(=O)c2cccs2)CC1. The third-order valence-corrected chi connectivity index (χ3v) is 8.56. The molecule has 0 unspecified atom stereocenters. The second kappa shape index (κ2) is 9.40. The van der Waals surface area contributed by atoms with Crippen LogP contribution in [0.4, 0.5) is 0 Å². The summed E-state index contributed by atoms with van der Waals surface area (Å²) in [5.41, 5.74) is 1.52. The molecule has 2 aromatic carbocycles. The molecular formula is C22H21ClN2O4S2. The molecule has 0 bridgehead atoms. The van der Waals surface area contributed by atoms with Crippen molar-refractivity contribution in [1.82, 2.24) is 9.21 Å². The van der Waals surface area contributed by atoms with Crippen molar-refractivity contribution in [2.24, 2.45) is 0 Å². The summed E-state index contributed by atoms with van der Waals surface area (Å²) in [6, 6.07) is 17.7. The van der Waals surface area contributed by atoms with Crippen LogP contribution in [0.3, 0.4) is 0 Å². The minimum Gasteiger partial charge on any atom is -0.489 e. The molecule has 1 aliphatic rings. The molecule has 0 atom stereocenters. The molecule has 9 heteroatoms. The fourth-order valence-corrected chi connectivity index (χ4v) is 5.99. The molecule has 0 N–H and O–H groups in total. The molecular weight excluding hydrogens is 456 g/mol. The maximum Gasteiger partial charge on any atom is 0.253 e. The first-order valence-electron chi connectivity index (χ1n) is 9.74. The highest BCUT2D eigenvalue weighted by Gasteiger charge is 2.30. The highest BCUT2D eigenvalue weighted by Crippen LogP contribution is 2.23. The molecule has 1 amide bonds. The van der Waals surface area contributed by atoms with Gasteiger partial charge in [0.15, 0.2) is 0 Å². The molecule has 0 spiro atoms. The van der Waals surface area contributed by atoms with Crippen molar-refractivity contribution < 1.29 is 17.9 Å². The fourth-order valence-electron chi connectivity index (χ4n) is 3.29. The number of benzene rings is 2. The largest absolute Gasteiger partial charge is 0.489 e. The molecule has 0 aliphatic carbocycles. The number of rotatable bonds is 6. The maximum absolute atomic E-state index is 12.8. The van der Waals surface area contributed by atoms with E-state index in [0.717, 1.165) is 11.3 Å². The minimum absolute atomic E-state index is 0.0988. The molecule has 3 aromatic rings. The highest BCUT2D eigenvalue weighted by atomic mass is 35.5. The summed E-state index contributed by atoms with van der Waals surface area (Å²) in [5, 5.41) is 2.40. The average Bonchev–Trinajstić information content (AvgIpc) is 3.35. The summed E-state index contributed by atoms with van der Waals surface area (Å²) in [6.45, 7) is 1.70. The molecule has 0 saturated carbocycles. The van der Waals surface area contributed by atoms with Crippen LogP contribution < -0.4 is 4.74 Å². The Morgan fingerprint density at radius 2 is 1.65 bits per heavy atom. The number of amides is 1. The lowest BCUT2D eigenvalue weighted by atomic mass is 10.1. The van der Waals surface area contributed by atoms with E-state index < -0.39 is 10.0 Å². The molecule has 2 heterocycles. The van der Waals surface area contributed by atoms with Gasteiger partial charge in [0.1, 0.15) is 16.6 Å². The van der Waals surface area contributed by atoms with Crippen molar-refractivity contribution in [2.75, 3.05) is 26.2 Å². The number of hydrogen-bond donors (Lipinski definition) is 0. The van der Waals surface area contributed by atoms with E-state index in [1.807, 2.05) is 12.1 Å². The van der Waals surface area contributed by atoms with E-state index in [1.165, 1.54) is 15.6 Å². The summed E-state index contributed by atoms with van der Waals surface area (Å²) < 4.78 is 32.8. The molecule has 1 aliphatic heterocycles. The first-order chi connectivity index (χ1) is 14.9. The van der Waals surface area contributed by atoms with Crippen LogP contribution in [0.5, 0.6) is 5.75 Å². The van der Waals surface area contributed by atoms with Gasteiger partial charge in [0, 0.05) is 36.8 Å². The lowest BCUT2D eigenvalue weighted by Crippen LogP contribution is -2.50. The van der Waals surface area contributed by atoms with Crippen molar-refractivity contribution in [1.29, 1.82) is 0 Å². The predicted octanol–water partition coefficient (Wildman–Crippen LogP) is 4.13. The number of hydrogen-bond acceptors (Lipinski definition) is 5. The van der Waals surface area contributed by atoms with Gasteiger partial charge in [-0.15, -0.1) is 11.3 Å². The topological polar surface area (TPSA) is 66.9 Å². The number of halogens is 1. The van der Waals surface area contributed by atoms with E-state index in [4.69, 9.17) is 16.3 Å². The zero-order valence-corrected chi connectivity index (χ0v) is 19.0. The molecule has 1 aromatic heterocycles. The van der Waals surface area contributed by atoms with Gasteiger partial charge in [-0.05, 0) is 53.4 Å². The molecule has 6 nitrogen and oxygen atoms in total. The minimum atomic E-state index is -3.48. The quantitative estimate of drug-likeness (QED) is 0.536. The zero-order valence-electron chi connectivity index (χ0n) is 16.6. The first kappa shape index (κ1) is 21.8. The Morgan fingerprint density at radius 3 is 2.26 bits per heavy atom. The lowest BCUT2D eigenvalue weighted by Gasteiger charge is -2.33. The Kier molecular flexibility index (Phi) is 6.62. The number of ether oxygens (including phenoxy) is 1. The van der Waals surface area contributed by atoms with Crippen LogP contribution in [0.1, 0.15) is 15.9 Å². The van der Waals surface area contributed by atoms with Gasteiger partial charge in [-0.25, -0.2) is 8.42 Å². The fraction of sp³-hybridized carbons (Fsp3) is 0.227. The normalized spacial score (nSPS) is 15.1. The van der Waals surface area contributed by atoms with Gasteiger partial charge in [0.25, 0.3) is 15.9 Å². The van der Waals surface area contributed by atoms with Crippen molar-refractivity contribution in [3.63, 3.8) is 0 Å². The van der Waals surface area contributed by atoms with E-state index in [2.05, 4.69) is 0 Å². The van der Waals surface area contributed by atoms with Crippen LogP contribution in [-0.4, -0.2) is 49.7 Å². The van der Waals surface area contributed by atoms with Gasteiger partial charge in [-0.2, -0.15) is 4.31 Å². The maximum atomic E-state index is 12.8. The van der Waals surface area contributed by atoms with Crippen LogP contribution in [0.25, 0.3) is 0 Å². The number of carbonyl (C=O) groups excluding carboxylic acids is 1. The highest BCUT2D eigenvalue weighted by molar-refractivity contribution is 7.91. The van der Waals surface area contributed by atoms with Crippen molar-refractivity contribution in [3.05, 3.63) is 82.2 Å². The van der Waals surface area contributed by atoms with Gasteiger partial charge in [-0.3, -0.25) is 4.79 Å². The van der Waals surface area contributed by atoms with Crippen LogP contribution in [0, 0.1) is 0 Å². The van der Waals surface area contributed by atoms with Gasteiger partial charge < -0.3 is 9.64 Å². The summed E-state index contributed by atoms with van der Waals surface area (Å²) in [4.78, 5) is 14.5. The smallest absolute Gasteiger partial charge is 0.253 e. The predicted molar refractivity (Wildman–Crippen MR) is 121 cm³/mol. The van der Waals surface area contributed by atoms with Crippen molar-refractivity contribution >= 4 is 38.9 Å². The third-order valence-electron chi connectivity index (χ3n) is 5.04. The monoisotopic (exact) mass is 476 g/mol. The van der Waals surface area contributed by atoms with Crippen LogP contribution >= 0.6 is 22.9 Å². The summed E-state index contributed by atoms with van der Waals surface area (Å²) in [6.07, 6.45) is 0. The van der Waals surface area contributed by atoms with Gasteiger partial charge >= 0.3 is 0 Å². The number of thiophene rings is 1. The van der Waals surface area contributed by atoms with E-state index in [9.17, 15) is 13.2 Å². The third kappa shape index (κ3) is 5.10. The number of sulfonamides is 1. The van der Waals surface area contributed by atoms with E-state index in [1.54, 1.807) is 58.8 Å². The van der Waals surface area contributed by atoms with Gasteiger partial charge in [0.05, 0.1) is 0 Å². The average molecular weight is 477 g/mol. The van der Waals surface area contributed by atoms with Crippen LogP contribution in [-0.2, 0) is 16.6 Å². The van der Waals surface area contributed by atoms with E-state index in [-0.39, 0.29) is 5.91 Å². The number of carbonyl (C=O) groups is 1. The Bertz CT molecular complexity index is 1120. The summed E-state index contributed by atoms with van der Waals surface area (Å²) in [7, 11) is -3.48. The molecule has 31 heavy (non-hydrogen) atoms. The Hall–Kier alpha value is -2.39. The van der Waals surface area contributed by atoms with Crippen molar-refractivity contribution in [3.8, 4) is 5.75 Å². The summed E-state index contributed by atoms with van der Waals surface area (Å²) in [5.74, 6) is 0.623. The number of nitrogens with zero attached hydrogens (tertiary/aromatic N) is 2. The molecule has 1 saturated heterocycles. The molecule has 4 rings (SSSR count). The number of piperazine rings is 1. The lowest BCUT2D eigenvalue weighted by molar-refractivity contribution is 0.0698. The second-order valence-electron chi connectivity index (χ2n) is 7.07. The van der Waals surface area contributed by atoms with E-state index >= 15 is 0 Å². The van der Waals surface area contributed by atoms with Crippen LogP contribution in [0.15, 0.2) is 70.3 Å². The van der Waals surface area contributed by atoms with E-state index in [0.29, 0.717) is 47.6 Å². The van der Waals surface area contributed by atoms with Crippen LogP contribution in [0.2, 0.25) is 5.02 Å². The van der Waals surface area contributed by atoms with Crippen molar-refractivity contribution in [2.45, 2.75) is 10.8 Å². The molecule has 0 radical (unpaired) electrons. The Labute approximate surface area is 190 Å². The summed E-state index contributed by atoms with van der Waals surface area (Å²) >= 11 is 7.08.